The van der Waals surface area contributed by atoms with Crippen LogP contribution < -0.4 is 20.9 Å². The summed E-state index contributed by atoms with van der Waals surface area (Å²) < 4.78 is 21.1. The number of pyridine rings is 2. The van der Waals surface area contributed by atoms with E-state index in [1.165, 1.54) is 16.7 Å². The van der Waals surface area contributed by atoms with Gasteiger partial charge in [-0.25, -0.2) is 9.18 Å². The van der Waals surface area contributed by atoms with Crippen molar-refractivity contribution in [2.45, 2.75) is 50.5 Å². The molecule has 2 saturated carbocycles. The number of ether oxygens (including phenoxy) is 1. The minimum atomic E-state index is -1.56. The lowest BCUT2D eigenvalue weighted by atomic mass is 9.97. The van der Waals surface area contributed by atoms with Crippen LogP contribution in [0.15, 0.2) is 17.1 Å². The van der Waals surface area contributed by atoms with Crippen LogP contribution >= 0.6 is 0 Å². The van der Waals surface area contributed by atoms with E-state index in [1.807, 2.05) is 11.8 Å². The van der Waals surface area contributed by atoms with Crippen molar-refractivity contribution in [3.8, 4) is 5.75 Å². The molecule has 154 valence electrons. The number of hydrogen-bond donors (Lipinski definition) is 2. The fourth-order valence-corrected chi connectivity index (χ4v) is 4.86. The Hall–Kier alpha value is -2.61. The van der Waals surface area contributed by atoms with Crippen molar-refractivity contribution in [1.82, 2.24) is 4.40 Å². The molecule has 0 amide bonds. The Kier molecular flexibility index (Phi) is 3.93. The van der Waals surface area contributed by atoms with E-state index in [-0.39, 0.29) is 17.2 Å². The summed E-state index contributed by atoms with van der Waals surface area (Å²) in [6.45, 7) is 3.29. The number of rotatable bonds is 4. The van der Waals surface area contributed by atoms with Crippen LogP contribution in [0, 0.1) is 18.7 Å². The summed E-state index contributed by atoms with van der Waals surface area (Å²) in [6, 6.07) is 1.52. The van der Waals surface area contributed by atoms with Gasteiger partial charge in [0.05, 0.1) is 17.4 Å². The first kappa shape index (κ1) is 18.4. The monoisotopic (exact) mass is 401 g/mol. The normalized spacial score (nSPS) is 22.9. The topological polar surface area (TPSA) is 97.3 Å². The number of halogens is 1. The van der Waals surface area contributed by atoms with Crippen LogP contribution in [0.3, 0.4) is 0 Å². The first-order valence-corrected chi connectivity index (χ1v) is 10.1. The van der Waals surface area contributed by atoms with Gasteiger partial charge in [0, 0.05) is 18.6 Å². The number of aryl methyl sites for hydroxylation is 1. The Labute approximate surface area is 166 Å². The molecule has 1 saturated heterocycles. The van der Waals surface area contributed by atoms with Gasteiger partial charge in [0.25, 0.3) is 5.56 Å². The van der Waals surface area contributed by atoms with Crippen LogP contribution in [-0.2, 0) is 0 Å². The molecule has 0 aromatic carbocycles. The Bertz CT molecular complexity index is 1090. The van der Waals surface area contributed by atoms with Crippen LogP contribution in [0.1, 0.15) is 49.1 Å². The smallest absolute Gasteiger partial charge is 0.449 e. The van der Waals surface area contributed by atoms with E-state index in [9.17, 15) is 9.59 Å². The van der Waals surface area contributed by atoms with E-state index < -0.39 is 17.5 Å². The van der Waals surface area contributed by atoms with Crippen LogP contribution in [-0.4, -0.2) is 34.3 Å². The van der Waals surface area contributed by atoms with E-state index >= 15 is 4.39 Å². The Balaban J connectivity index is 1.65. The Morgan fingerprint density at radius 2 is 2.07 bits per heavy atom. The largest absolute Gasteiger partial charge is 0.511 e. The molecule has 5 rings (SSSR count). The lowest BCUT2D eigenvalue weighted by Gasteiger charge is -2.25. The average Bonchev–Trinajstić information content (AvgIpc) is 3.58. The summed E-state index contributed by atoms with van der Waals surface area (Å²) in [6.07, 6.45) is 4.51. The highest BCUT2D eigenvalue weighted by Crippen LogP contribution is 2.47. The van der Waals surface area contributed by atoms with Crippen LogP contribution in [0.2, 0.25) is 0 Å². The first-order valence-electron chi connectivity index (χ1n) is 10.1. The van der Waals surface area contributed by atoms with Crippen molar-refractivity contribution < 1.29 is 19.0 Å². The van der Waals surface area contributed by atoms with Crippen molar-refractivity contribution >= 4 is 17.4 Å². The third kappa shape index (κ3) is 2.97. The van der Waals surface area contributed by atoms with Gasteiger partial charge >= 0.3 is 6.16 Å². The molecule has 3 fully saturated rings. The fraction of sp³-hybridized carbons (Fsp3) is 0.524. The number of fused-ring (bicyclic) bond motifs is 1. The van der Waals surface area contributed by atoms with Crippen molar-refractivity contribution in [3.63, 3.8) is 0 Å². The highest BCUT2D eigenvalue weighted by molar-refractivity contribution is 5.74. The molecule has 1 atom stereocenters. The van der Waals surface area contributed by atoms with Gasteiger partial charge in [-0.15, -0.1) is 0 Å². The zero-order valence-corrected chi connectivity index (χ0v) is 16.3. The van der Waals surface area contributed by atoms with Gasteiger partial charge in [-0.05, 0) is 68.1 Å². The van der Waals surface area contributed by atoms with Crippen molar-refractivity contribution in [1.29, 1.82) is 0 Å². The average molecular weight is 401 g/mol. The maximum absolute atomic E-state index is 15.2. The molecule has 2 aliphatic carbocycles. The number of anilines is 1. The number of carbonyl (C=O) groups is 1. The molecule has 1 aliphatic heterocycles. The van der Waals surface area contributed by atoms with Gasteiger partial charge in [0.1, 0.15) is 0 Å². The second-order valence-corrected chi connectivity index (χ2v) is 8.75. The lowest BCUT2D eigenvalue weighted by molar-refractivity contribution is 0.143. The van der Waals surface area contributed by atoms with Crippen molar-refractivity contribution in [2.24, 2.45) is 11.7 Å². The molecular formula is C21H24FN3O4. The molecule has 3 heterocycles. The summed E-state index contributed by atoms with van der Waals surface area (Å²) >= 11 is 0. The number of nitrogens with two attached hydrogens (primary N) is 1. The number of hydrogen-bond acceptors (Lipinski definition) is 5. The van der Waals surface area contributed by atoms with E-state index in [0.29, 0.717) is 29.2 Å². The third-order valence-electron chi connectivity index (χ3n) is 6.77. The summed E-state index contributed by atoms with van der Waals surface area (Å²) in [5.41, 5.74) is 8.33. The van der Waals surface area contributed by atoms with Gasteiger partial charge < -0.3 is 20.5 Å². The molecule has 8 heteroatoms. The predicted molar refractivity (Wildman–Crippen MR) is 105 cm³/mol. The van der Waals surface area contributed by atoms with E-state index in [0.717, 1.165) is 44.2 Å². The minimum Gasteiger partial charge on any atom is -0.449 e. The first-order chi connectivity index (χ1) is 13.8. The second kappa shape index (κ2) is 6.19. The molecule has 7 nitrogen and oxygen atoms in total. The molecule has 3 aliphatic rings. The van der Waals surface area contributed by atoms with Gasteiger partial charge in [-0.2, -0.15) is 0 Å². The summed E-state index contributed by atoms with van der Waals surface area (Å²) in [5.74, 6) is -0.199. The molecular weight excluding hydrogens is 377 g/mol. The van der Waals surface area contributed by atoms with Crippen LogP contribution in [0.4, 0.5) is 14.9 Å². The lowest BCUT2D eigenvalue weighted by Crippen LogP contribution is -2.35. The third-order valence-corrected chi connectivity index (χ3v) is 6.77. The van der Waals surface area contributed by atoms with Gasteiger partial charge in [-0.1, -0.05) is 0 Å². The molecule has 2 aromatic rings. The Morgan fingerprint density at radius 3 is 2.69 bits per heavy atom. The highest BCUT2D eigenvalue weighted by Gasteiger charge is 2.48. The van der Waals surface area contributed by atoms with Crippen molar-refractivity contribution in [3.05, 3.63) is 39.6 Å². The standard InChI is InChI=1S/C21H24FN3O4/c1-11-17-14(12-2-3-12)8-16(29-20(27)28)19(26)25(17)10-15(22)18(11)24-7-4-13(9-24)21(23)5-6-21/h8,10,12-13H,2-7,9,23H2,1H3,(H,27,28). The summed E-state index contributed by atoms with van der Waals surface area (Å²) in [4.78, 5) is 25.8. The highest BCUT2D eigenvalue weighted by atomic mass is 19.1. The van der Waals surface area contributed by atoms with Crippen molar-refractivity contribution in [2.75, 3.05) is 18.0 Å². The molecule has 0 spiro atoms. The maximum Gasteiger partial charge on any atom is 0.511 e. The van der Waals surface area contributed by atoms with E-state index in [4.69, 9.17) is 10.8 Å². The quantitative estimate of drug-likeness (QED) is 0.765. The predicted octanol–water partition coefficient (Wildman–Crippen LogP) is 3.00. The van der Waals surface area contributed by atoms with Gasteiger partial charge in [0.2, 0.25) is 0 Å². The Morgan fingerprint density at radius 1 is 1.34 bits per heavy atom. The van der Waals surface area contributed by atoms with E-state index in [2.05, 4.69) is 4.74 Å². The van der Waals surface area contributed by atoms with Crippen LogP contribution in [0.5, 0.6) is 5.75 Å². The number of aromatic nitrogens is 1. The molecule has 0 bridgehead atoms. The SMILES string of the molecule is Cc1c(N2CCC(C3(N)CC3)C2)c(F)cn2c(=O)c(OC(=O)O)cc(C3CC3)c12. The zero-order chi connectivity index (χ0) is 20.5. The fourth-order valence-electron chi connectivity index (χ4n) is 4.86. The molecule has 1 unspecified atom stereocenters. The number of carboxylic acid groups (broad SMARTS) is 1. The zero-order valence-electron chi connectivity index (χ0n) is 16.3. The summed E-state index contributed by atoms with van der Waals surface area (Å²) in [7, 11) is 0. The molecule has 0 radical (unpaired) electrons. The molecule has 3 N–H and O–H groups in total. The second-order valence-electron chi connectivity index (χ2n) is 8.75. The maximum atomic E-state index is 15.2. The van der Waals surface area contributed by atoms with Crippen LogP contribution in [0.25, 0.3) is 5.52 Å². The van der Waals surface area contributed by atoms with Gasteiger partial charge in [-0.3, -0.25) is 9.20 Å². The minimum absolute atomic E-state index is 0.102. The summed E-state index contributed by atoms with van der Waals surface area (Å²) in [5, 5.41) is 8.94. The molecule has 2 aromatic heterocycles. The molecule has 29 heavy (non-hydrogen) atoms. The number of nitrogens with zero attached hydrogens (tertiary/aromatic N) is 2. The van der Waals surface area contributed by atoms with Gasteiger partial charge in [0.15, 0.2) is 11.6 Å². The van der Waals surface area contributed by atoms with E-state index in [1.54, 1.807) is 0 Å².